The van der Waals surface area contributed by atoms with Crippen LogP contribution in [-0.2, 0) is 0 Å². The van der Waals surface area contributed by atoms with Crippen molar-refractivity contribution in [3.05, 3.63) is 32.3 Å². The van der Waals surface area contributed by atoms with Crippen molar-refractivity contribution in [1.29, 1.82) is 0 Å². The van der Waals surface area contributed by atoms with Crippen molar-refractivity contribution < 1.29 is 4.92 Å². The summed E-state index contributed by atoms with van der Waals surface area (Å²) in [5, 5.41) is 14.7. The van der Waals surface area contributed by atoms with E-state index in [0.29, 0.717) is 21.8 Å². The van der Waals surface area contributed by atoms with Gasteiger partial charge in [-0.3, -0.25) is 10.1 Å². The lowest BCUT2D eigenvalue weighted by molar-refractivity contribution is -0.384. The van der Waals surface area contributed by atoms with Gasteiger partial charge in [-0.05, 0) is 6.92 Å². The van der Waals surface area contributed by atoms with E-state index < -0.39 is 4.92 Å². The molecule has 1 N–H and O–H groups in total. The van der Waals surface area contributed by atoms with Gasteiger partial charge in [-0.15, -0.1) is 0 Å². The number of halogens is 2. The van der Waals surface area contributed by atoms with Gasteiger partial charge in [0.15, 0.2) is 0 Å². The molecule has 18 heavy (non-hydrogen) atoms. The van der Waals surface area contributed by atoms with Gasteiger partial charge in [0, 0.05) is 37.8 Å². The maximum Gasteiger partial charge on any atom is 0.272 e. The molecule has 1 aliphatic rings. The number of anilines is 1. The third kappa shape index (κ3) is 2.68. The highest BCUT2D eigenvalue weighted by atomic mass is 35.5. The average molecular weight is 290 g/mol. The van der Waals surface area contributed by atoms with Gasteiger partial charge in [-0.1, -0.05) is 23.2 Å². The van der Waals surface area contributed by atoms with Gasteiger partial charge in [-0.25, -0.2) is 0 Å². The van der Waals surface area contributed by atoms with Crippen molar-refractivity contribution >= 4 is 34.6 Å². The van der Waals surface area contributed by atoms with E-state index in [4.69, 9.17) is 23.2 Å². The number of benzene rings is 1. The summed E-state index contributed by atoms with van der Waals surface area (Å²) in [4.78, 5) is 12.3. The molecule has 0 aromatic heterocycles. The van der Waals surface area contributed by atoms with Crippen LogP contribution < -0.4 is 10.2 Å². The lowest BCUT2D eigenvalue weighted by atomic mass is 10.2. The maximum absolute atomic E-state index is 10.7. The van der Waals surface area contributed by atoms with Gasteiger partial charge < -0.3 is 10.2 Å². The molecule has 1 aromatic carbocycles. The van der Waals surface area contributed by atoms with E-state index in [1.54, 1.807) is 0 Å². The van der Waals surface area contributed by atoms with Crippen LogP contribution >= 0.6 is 23.2 Å². The number of hydrogen-bond acceptors (Lipinski definition) is 4. The highest BCUT2D eigenvalue weighted by molar-refractivity contribution is 6.39. The van der Waals surface area contributed by atoms with Crippen molar-refractivity contribution in [3.63, 3.8) is 0 Å². The number of nitro groups is 1. The average Bonchev–Trinajstić information content (AvgIpc) is 2.27. The molecule has 0 radical (unpaired) electrons. The zero-order valence-electron chi connectivity index (χ0n) is 9.82. The molecule has 1 aromatic rings. The summed E-state index contributed by atoms with van der Waals surface area (Å²) in [5.74, 6) is 0. The molecule has 1 atom stereocenters. The van der Waals surface area contributed by atoms with Gasteiger partial charge in [0.1, 0.15) is 0 Å². The first-order valence-electron chi connectivity index (χ1n) is 5.61. The lowest BCUT2D eigenvalue weighted by Crippen LogP contribution is -2.49. The summed E-state index contributed by atoms with van der Waals surface area (Å²) < 4.78 is 0. The second-order valence-electron chi connectivity index (χ2n) is 4.32. The van der Waals surface area contributed by atoms with Crippen molar-refractivity contribution in [1.82, 2.24) is 5.32 Å². The van der Waals surface area contributed by atoms with Crippen molar-refractivity contribution in [3.8, 4) is 0 Å². The smallest absolute Gasteiger partial charge is 0.272 e. The second kappa shape index (κ2) is 5.30. The molecule has 0 spiro atoms. The Balaban J connectivity index is 2.36. The molecule has 98 valence electrons. The Bertz CT molecular complexity index is 458. The summed E-state index contributed by atoms with van der Waals surface area (Å²) in [7, 11) is 0. The zero-order chi connectivity index (χ0) is 13.3. The topological polar surface area (TPSA) is 58.4 Å². The first-order chi connectivity index (χ1) is 8.49. The first-order valence-corrected chi connectivity index (χ1v) is 6.36. The predicted octanol–water partition coefficient (Wildman–Crippen LogP) is 2.70. The summed E-state index contributed by atoms with van der Waals surface area (Å²) in [6, 6.07) is 3.02. The summed E-state index contributed by atoms with van der Waals surface area (Å²) in [5.41, 5.74) is 0.592. The normalized spacial score (nSPS) is 19.9. The number of nitro benzene ring substituents is 1. The Morgan fingerprint density at radius 2 is 2.06 bits per heavy atom. The molecule has 1 saturated heterocycles. The fourth-order valence-electron chi connectivity index (χ4n) is 2.10. The molecule has 0 unspecified atom stereocenters. The Labute approximate surface area is 115 Å². The van der Waals surface area contributed by atoms with Crippen LogP contribution in [0.3, 0.4) is 0 Å². The molecule has 1 fully saturated rings. The van der Waals surface area contributed by atoms with Crippen LogP contribution in [-0.4, -0.2) is 30.6 Å². The van der Waals surface area contributed by atoms with Gasteiger partial charge in [0.25, 0.3) is 5.69 Å². The van der Waals surface area contributed by atoms with E-state index in [2.05, 4.69) is 17.1 Å². The molecule has 0 amide bonds. The minimum absolute atomic E-state index is 0.0862. The number of non-ortho nitro benzene ring substituents is 1. The number of piperazine rings is 1. The first kappa shape index (κ1) is 13.4. The van der Waals surface area contributed by atoms with E-state index in [9.17, 15) is 10.1 Å². The van der Waals surface area contributed by atoms with E-state index >= 15 is 0 Å². The number of rotatable bonds is 2. The molecule has 7 heteroatoms. The van der Waals surface area contributed by atoms with Crippen LogP contribution in [0.5, 0.6) is 0 Å². The van der Waals surface area contributed by atoms with E-state index in [-0.39, 0.29) is 5.69 Å². The van der Waals surface area contributed by atoms with E-state index in [1.165, 1.54) is 12.1 Å². The largest absolute Gasteiger partial charge is 0.366 e. The summed E-state index contributed by atoms with van der Waals surface area (Å²) in [6.45, 7) is 4.46. The molecular weight excluding hydrogens is 277 g/mol. The van der Waals surface area contributed by atoms with E-state index in [1.807, 2.05) is 0 Å². The highest BCUT2D eigenvalue weighted by Crippen LogP contribution is 2.37. The Kier molecular flexibility index (Phi) is 3.94. The molecule has 2 rings (SSSR count). The quantitative estimate of drug-likeness (QED) is 0.672. The Morgan fingerprint density at radius 1 is 1.44 bits per heavy atom. The van der Waals surface area contributed by atoms with Gasteiger partial charge in [-0.2, -0.15) is 0 Å². The second-order valence-corrected chi connectivity index (χ2v) is 5.13. The number of nitrogens with one attached hydrogen (secondary N) is 1. The van der Waals surface area contributed by atoms with Crippen LogP contribution in [0.4, 0.5) is 11.4 Å². The Morgan fingerprint density at radius 3 is 2.56 bits per heavy atom. The Hall–Kier alpha value is -1.04. The van der Waals surface area contributed by atoms with Crippen LogP contribution in [0.15, 0.2) is 12.1 Å². The minimum atomic E-state index is -0.498. The molecule has 1 aliphatic heterocycles. The SMILES string of the molecule is C[C@@H]1CN(c2c(Cl)cc([N+](=O)[O-])cc2Cl)CCN1. The molecule has 0 bridgehead atoms. The highest BCUT2D eigenvalue weighted by Gasteiger charge is 2.22. The van der Waals surface area contributed by atoms with Crippen LogP contribution in [0.2, 0.25) is 10.0 Å². The predicted molar refractivity (Wildman–Crippen MR) is 72.8 cm³/mol. The number of nitrogens with zero attached hydrogens (tertiary/aromatic N) is 2. The zero-order valence-corrected chi connectivity index (χ0v) is 11.3. The minimum Gasteiger partial charge on any atom is -0.366 e. The van der Waals surface area contributed by atoms with Gasteiger partial charge in [0.2, 0.25) is 0 Å². The van der Waals surface area contributed by atoms with Crippen molar-refractivity contribution in [2.75, 3.05) is 24.5 Å². The molecular formula is C11H13Cl2N3O2. The molecule has 0 saturated carbocycles. The van der Waals surface area contributed by atoms with Crippen molar-refractivity contribution in [2.45, 2.75) is 13.0 Å². The maximum atomic E-state index is 10.7. The number of hydrogen-bond donors (Lipinski definition) is 1. The molecule has 1 heterocycles. The fraction of sp³-hybridized carbons (Fsp3) is 0.455. The third-order valence-electron chi connectivity index (χ3n) is 2.90. The fourth-order valence-corrected chi connectivity index (χ4v) is 2.81. The van der Waals surface area contributed by atoms with Crippen LogP contribution in [0.25, 0.3) is 0 Å². The molecule has 0 aliphatic carbocycles. The van der Waals surface area contributed by atoms with Crippen molar-refractivity contribution in [2.24, 2.45) is 0 Å². The van der Waals surface area contributed by atoms with Gasteiger partial charge >= 0.3 is 0 Å². The monoisotopic (exact) mass is 289 g/mol. The van der Waals surface area contributed by atoms with E-state index in [0.717, 1.165) is 19.6 Å². The van der Waals surface area contributed by atoms with Crippen LogP contribution in [0, 0.1) is 10.1 Å². The molecule has 5 nitrogen and oxygen atoms in total. The van der Waals surface area contributed by atoms with Gasteiger partial charge in [0.05, 0.1) is 20.7 Å². The standard InChI is InChI=1S/C11H13Cl2N3O2/c1-7-6-15(3-2-14-7)11-9(12)4-8(16(17)18)5-10(11)13/h4-5,7,14H,2-3,6H2,1H3/t7-/m1/s1. The third-order valence-corrected chi connectivity index (χ3v) is 3.47. The summed E-state index contributed by atoms with van der Waals surface area (Å²) >= 11 is 12.2. The lowest BCUT2D eigenvalue weighted by Gasteiger charge is -2.34. The summed E-state index contributed by atoms with van der Waals surface area (Å²) in [6.07, 6.45) is 0. The van der Waals surface area contributed by atoms with Crippen LogP contribution in [0.1, 0.15) is 6.92 Å².